The topological polar surface area (TPSA) is 15.3 Å². The van der Waals surface area contributed by atoms with Crippen LogP contribution in [0.25, 0.3) is 0 Å². The normalized spacial score (nSPS) is 18.2. The van der Waals surface area contributed by atoms with Gasteiger partial charge in [0.1, 0.15) is 0 Å². The van der Waals surface area contributed by atoms with Crippen LogP contribution in [-0.2, 0) is 0 Å². The van der Waals surface area contributed by atoms with E-state index in [1.165, 1.54) is 25.9 Å². The lowest BCUT2D eigenvalue weighted by molar-refractivity contribution is 0.330. The predicted molar refractivity (Wildman–Crippen MR) is 78.6 cm³/mol. The molecule has 0 spiro atoms. The standard InChI is InChI=1S/C14H20Cl2N2/c1-11(13-5-4-12(15)10-14(13)16)17-6-9-18-7-2-3-8-18/h4-5,10-11,17H,2-3,6-9H2,1H3. The Morgan fingerprint density at radius 1 is 1.28 bits per heavy atom. The molecule has 1 unspecified atom stereocenters. The van der Waals surface area contributed by atoms with Crippen molar-refractivity contribution in [3.8, 4) is 0 Å². The van der Waals surface area contributed by atoms with Gasteiger partial charge in [-0.05, 0) is 50.6 Å². The number of nitrogens with one attached hydrogen (secondary N) is 1. The number of halogens is 2. The summed E-state index contributed by atoms with van der Waals surface area (Å²) in [6.07, 6.45) is 2.69. The van der Waals surface area contributed by atoms with E-state index in [0.717, 1.165) is 23.7 Å². The van der Waals surface area contributed by atoms with Crippen molar-refractivity contribution in [1.29, 1.82) is 0 Å². The Kier molecular flexibility index (Phi) is 5.31. The van der Waals surface area contributed by atoms with Crippen molar-refractivity contribution in [2.45, 2.75) is 25.8 Å². The third-order valence-corrected chi connectivity index (χ3v) is 4.07. The van der Waals surface area contributed by atoms with E-state index < -0.39 is 0 Å². The van der Waals surface area contributed by atoms with Crippen LogP contribution in [0, 0.1) is 0 Å². The highest BCUT2D eigenvalue weighted by atomic mass is 35.5. The van der Waals surface area contributed by atoms with Crippen LogP contribution in [0.1, 0.15) is 31.4 Å². The Hall–Kier alpha value is -0.280. The summed E-state index contributed by atoms with van der Waals surface area (Å²) in [6.45, 7) is 6.75. The first-order chi connectivity index (χ1) is 8.66. The molecule has 0 saturated carbocycles. The molecule has 100 valence electrons. The molecule has 1 aromatic carbocycles. The average Bonchev–Trinajstić information content (AvgIpc) is 2.81. The van der Waals surface area contributed by atoms with Crippen LogP contribution in [0.2, 0.25) is 10.0 Å². The number of rotatable bonds is 5. The summed E-state index contributed by atoms with van der Waals surface area (Å²) in [6, 6.07) is 5.95. The molecule has 1 saturated heterocycles. The SMILES string of the molecule is CC(NCCN1CCCC1)c1ccc(Cl)cc1Cl. The van der Waals surface area contributed by atoms with E-state index in [0.29, 0.717) is 5.02 Å². The summed E-state index contributed by atoms with van der Waals surface area (Å²) in [5.41, 5.74) is 1.11. The molecule has 4 heteroatoms. The van der Waals surface area contributed by atoms with E-state index in [9.17, 15) is 0 Å². The van der Waals surface area contributed by atoms with E-state index in [4.69, 9.17) is 23.2 Å². The first-order valence-corrected chi connectivity index (χ1v) is 7.33. The average molecular weight is 287 g/mol. The zero-order chi connectivity index (χ0) is 13.0. The predicted octanol–water partition coefficient (Wildman–Crippen LogP) is 3.74. The number of nitrogens with zero attached hydrogens (tertiary/aromatic N) is 1. The maximum atomic E-state index is 6.20. The molecule has 1 heterocycles. The molecular formula is C14H20Cl2N2. The second kappa shape index (κ2) is 6.76. The van der Waals surface area contributed by atoms with Crippen molar-refractivity contribution in [3.05, 3.63) is 33.8 Å². The summed E-state index contributed by atoms with van der Waals surface area (Å²) in [5.74, 6) is 0. The van der Waals surface area contributed by atoms with Gasteiger partial charge in [-0.1, -0.05) is 29.3 Å². The summed E-state index contributed by atoms with van der Waals surface area (Å²) >= 11 is 12.1. The molecule has 18 heavy (non-hydrogen) atoms. The van der Waals surface area contributed by atoms with Gasteiger partial charge in [-0.15, -0.1) is 0 Å². The van der Waals surface area contributed by atoms with Crippen molar-refractivity contribution < 1.29 is 0 Å². The molecule has 0 bridgehead atoms. The van der Waals surface area contributed by atoms with E-state index >= 15 is 0 Å². The zero-order valence-electron chi connectivity index (χ0n) is 10.8. The highest BCUT2D eigenvalue weighted by Crippen LogP contribution is 2.25. The number of likely N-dealkylation sites (tertiary alicyclic amines) is 1. The highest BCUT2D eigenvalue weighted by Gasteiger charge is 2.12. The first kappa shape index (κ1) is 14.1. The third kappa shape index (κ3) is 3.86. The Labute approximate surface area is 119 Å². The molecular weight excluding hydrogens is 267 g/mol. The van der Waals surface area contributed by atoms with Crippen LogP contribution in [0.15, 0.2) is 18.2 Å². The van der Waals surface area contributed by atoms with E-state index in [1.807, 2.05) is 12.1 Å². The van der Waals surface area contributed by atoms with Gasteiger partial charge in [-0.25, -0.2) is 0 Å². The molecule has 2 rings (SSSR count). The highest BCUT2D eigenvalue weighted by molar-refractivity contribution is 6.35. The number of hydrogen-bond donors (Lipinski definition) is 1. The van der Waals surface area contributed by atoms with Gasteiger partial charge in [-0.3, -0.25) is 0 Å². The monoisotopic (exact) mass is 286 g/mol. The van der Waals surface area contributed by atoms with Gasteiger partial charge in [0.15, 0.2) is 0 Å². The Morgan fingerprint density at radius 2 is 2.00 bits per heavy atom. The molecule has 2 nitrogen and oxygen atoms in total. The molecule has 0 amide bonds. The Balaban J connectivity index is 1.81. The van der Waals surface area contributed by atoms with Gasteiger partial charge in [0, 0.05) is 29.2 Å². The molecule has 1 N–H and O–H groups in total. The van der Waals surface area contributed by atoms with Crippen molar-refractivity contribution in [2.75, 3.05) is 26.2 Å². The maximum Gasteiger partial charge on any atom is 0.0468 e. The van der Waals surface area contributed by atoms with Gasteiger partial charge in [0.25, 0.3) is 0 Å². The van der Waals surface area contributed by atoms with E-state index in [1.54, 1.807) is 6.07 Å². The van der Waals surface area contributed by atoms with Crippen molar-refractivity contribution in [2.24, 2.45) is 0 Å². The van der Waals surface area contributed by atoms with Crippen molar-refractivity contribution in [3.63, 3.8) is 0 Å². The minimum Gasteiger partial charge on any atom is -0.309 e. The van der Waals surface area contributed by atoms with Gasteiger partial charge >= 0.3 is 0 Å². The minimum absolute atomic E-state index is 0.261. The molecule has 1 aliphatic rings. The Morgan fingerprint density at radius 3 is 2.67 bits per heavy atom. The van der Waals surface area contributed by atoms with Gasteiger partial charge in [-0.2, -0.15) is 0 Å². The lowest BCUT2D eigenvalue weighted by atomic mass is 10.1. The first-order valence-electron chi connectivity index (χ1n) is 6.57. The quantitative estimate of drug-likeness (QED) is 0.887. The molecule has 1 aromatic rings. The zero-order valence-corrected chi connectivity index (χ0v) is 12.3. The fourth-order valence-electron chi connectivity index (χ4n) is 2.41. The second-order valence-electron chi connectivity index (χ2n) is 4.89. The number of benzene rings is 1. The smallest absolute Gasteiger partial charge is 0.0468 e. The largest absolute Gasteiger partial charge is 0.309 e. The second-order valence-corrected chi connectivity index (χ2v) is 5.73. The molecule has 1 aliphatic heterocycles. The maximum absolute atomic E-state index is 6.20. The minimum atomic E-state index is 0.261. The lowest BCUT2D eigenvalue weighted by Gasteiger charge is -2.19. The molecule has 0 radical (unpaired) electrons. The molecule has 0 aliphatic carbocycles. The van der Waals surface area contributed by atoms with Gasteiger partial charge < -0.3 is 10.2 Å². The van der Waals surface area contributed by atoms with Crippen molar-refractivity contribution in [1.82, 2.24) is 10.2 Å². The van der Waals surface area contributed by atoms with Crippen LogP contribution >= 0.6 is 23.2 Å². The summed E-state index contributed by atoms with van der Waals surface area (Å²) in [4.78, 5) is 2.50. The molecule has 1 atom stereocenters. The van der Waals surface area contributed by atoms with Crippen LogP contribution in [0.5, 0.6) is 0 Å². The summed E-state index contributed by atoms with van der Waals surface area (Å²) in [5, 5.41) is 4.94. The lowest BCUT2D eigenvalue weighted by Crippen LogP contribution is -2.31. The van der Waals surface area contributed by atoms with Gasteiger partial charge in [0.2, 0.25) is 0 Å². The van der Waals surface area contributed by atoms with Crippen LogP contribution in [0.3, 0.4) is 0 Å². The van der Waals surface area contributed by atoms with Crippen molar-refractivity contribution >= 4 is 23.2 Å². The summed E-state index contributed by atoms with van der Waals surface area (Å²) in [7, 11) is 0. The van der Waals surface area contributed by atoms with E-state index in [2.05, 4.69) is 17.1 Å². The molecule has 1 fully saturated rings. The van der Waals surface area contributed by atoms with Crippen LogP contribution < -0.4 is 5.32 Å². The fourth-order valence-corrected chi connectivity index (χ4v) is 2.98. The number of hydrogen-bond acceptors (Lipinski definition) is 2. The summed E-state index contributed by atoms with van der Waals surface area (Å²) < 4.78 is 0. The molecule has 0 aromatic heterocycles. The van der Waals surface area contributed by atoms with Gasteiger partial charge in [0.05, 0.1) is 0 Å². The fraction of sp³-hybridized carbons (Fsp3) is 0.571. The van der Waals surface area contributed by atoms with Crippen LogP contribution in [-0.4, -0.2) is 31.1 Å². The van der Waals surface area contributed by atoms with E-state index in [-0.39, 0.29) is 6.04 Å². The Bertz CT molecular complexity index is 389. The third-order valence-electron chi connectivity index (χ3n) is 3.51. The van der Waals surface area contributed by atoms with Crippen LogP contribution in [0.4, 0.5) is 0 Å².